The molecule has 5 nitrogen and oxygen atoms in total. The molecule has 1 aliphatic rings. The van der Waals surface area contributed by atoms with Crippen LogP contribution in [0.15, 0.2) is 0 Å². The van der Waals surface area contributed by atoms with E-state index in [0.29, 0.717) is 12.0 Å². The molecule has 1 aliphatic carbocycles. The highest BCUT2D eigenvalue weighted by Gasteiger charge is 2.38. The molecule has 0 aromatic rings. The van der Waals surface area contributed by atoms with Gasteiger partial charge in [-0.3, -0.25) is 9.09 Å². The third-order valence-corrected chi connectivity index (χ3v) is 4.96. The second-order valence-electron chi connectivity index (χ2n) is 4.20. The number of rotatable bonds is 5. The fraction of sp³-hybridized carbons (Fsp3) is 0.545. The number of nitrogens with zero attached hydrogens (tertiary/aromatic N) is 2. The van der Waals surface area contributed by atoms with Gasteiger partial charge in [0, 0.05) is 0 Å². The molecule has 17 heavy (non-hydrogen) atoms. The molecule has 0 amide bonds. The number of carbonyl (C=O) groups excluding carboxylic acids is 1. The summed E-state index contributed by atoms with van der Waals surface area (Å²) in [7, 11) is 3.67. The Bertz CT molecular complexity index is 295. The fourth-order valence-corrected chi connectivity index (χ4v) is 3.00. The monoisotopic (exact) mass is 258 g/mol. The van der Waals surface area contributed by atoms with E-state index in [1.165, 1.54) is 9.34 Å². The van der Waals surface area contributed by atoms with E-state index in [0.717, 1.165) is 19.1 Å². The van der Waals surface area contributed by atoms with Gasteiger partial charge in [0.05, 0.1) is 5.92 Å². The van der Waals surface area contributed by atoms with Crippen molar-refractivity contribution in [2.75, 3.05) is 28.2 Å². The average Bonchev–Trinajstić information content (AvgIpc) is 2.29. The Morgan fingerprint density at radius 2 is 1.71 bits per heavy atom. The molecule has 96 valence electrons. The predicted octanol–water partition coefficient (Wildman–Crippen LogP) is 1.74. The molecule has 0 atom stereocenters. The van der Waals surface area contributed by atoms with Crippen LogP contribution in [0.4, 0.5) is 0 Å². The van der Waals surface area contributed by atoms with Crippen LogP contribution in [-0.4, -0.2) is 43.8 Å². The minimum absolute atomic E-state index is 0.414. The van der Waals surface area contributed by atoms with E-state index >= 15 is 0 Å². The summed E-state index contributed by atoms with van der Waals surface area (Å²) in [6.45, 7) is 0. The molecule has 1 fully saturated rings. The van der Waals surface area contributed by atoms with Gasteiger partial charge in [-0.05, 0) is 53.9 Å². The lowest BCUT2D eigenvalue weighted by Crippen LogP contribution is -2.28. The lowest BCUT2D eigenvalue weighted by Gasteiger charge is -2.35. The van der Waals surface area contributed by atoms with Gasteiger partial charge in [0.1, 0.15) is 12.4 Å². The fourth-order valence-electron chi connectivity index (χ4n) is 1.52. The molecular formula is C11H19N2O3P. The van der Waals surface area contributed by atoms with Gasteiger partial charge in [-0.1, -0.05) is 0 Å². The van der Waals surface area contributed by atoms with Crippen molar-refractivity contribution >= 4 is 14.0 Å². The van der Waals surface area contributed by atoms with Gasteiger partial charge in [-0.25, -0.2) is 9.34 Å². The molecule has 0 aromatic carbocycles. The first kappa shape index (κ1) is 14.8. The summed E-state index contributed by atoms with van der Waals surface area (Å²) in [4.78, 5) is 10.9. The number of carbonyl (C=O) groups is 1. The second kappa shape index (κ2) is 6.10. The van der Waals surface area contributed by atoms with Crippen LogP contribution in [0, 0.1) is 24.9 Å². The maximum absolute atomic E-state index is 12.6. The van der Waals surface area contributed by atoms with Crippen molar-refractivity contribution in [2.45, 2.75) is 12.8 Å². The summed E-state index contributed by atoms with van der Waals surface area (Å²) >= 11 is 0. The van der Waals surface area contributed by atoms with Crippen LogP contribution in [0.3, 0.4) is 0 Å². The Hall–Kier alpha value is -0.220. The first-order valence-electron chi connectivity index (χ1n) is 5.43. The van der Waals surface area contributed by atoms with Gasteiger partial charge in [-0.2, -0.15) is 0 Å². The van der Waals surface area contributed by atoms with Crippen LogP contribution < -0.4 is 0 Å². The molecule has 0 spiro atoms. The van der Waals surface area contributed by atoms with E-state index in [1.807, 2.05) is 6.42 Å². The first-order chi connectivity index (χ1) is 7.91. The van der Waals surface area contributed by atoms with Crippen molar-refractivity contribution in [1.29, 1.82) is 0 Å². The molecule has 4 radical (unpaired) electrons. The van der Waals surface area contributed by atoms with Gasteiger partial charge in [0.25, 0.3) is 0 Å². The van der Waals surface area contributed by atoms with Crippen molar-refractivity contribution in [3.8, 4) is 0 Å². The summed E-state index contributed by atoms with van der Waals surface area (Å²) in [5.74, 6) is 0.472. The molecule has 0 saturated heterocycles. The molecule has 0 heterocycles. The topological polar surface area (TPSA) is 49.9 Å². The van der Waals surface area contributed by atoms with Gasteiger partial charge >= 0.3 is 7.67 Å². The molecule has 6 heteroatoms. The Morgan fingerprint density at radius 3 is 2.18 bits per heavy atom. The highest BCUT2D eigenvalue weighted by molar-refractivity contribution is 7.53. The van der Waals surface area contributed by atoms with E-state index < -0.39 is 7.67 Å². The van der Waals surface area contributed by atoms with Crippen molar-refractivity contribution in [3.05, 3.63) is 24.9 Å². The SMILES string of the molecule is CN(C)P(=O)(O[C]1[CH]CC[CH][C]1C=O)N(C)C. The van der Waals surface area contributed by atoms with Crippen LogP contribution in [0.25, 0.3) is 0 Å². The third kappa shape index (κ3) is 3.38. The second-order valence-corrected chi connectivity index (χ2v) is 6.96. The van der Waals surface area contributed by atoms with Crippen LogP contribution in [0.1, 0.15) is 12.8 Å². The highest BCUT2D eigenvalue weighted by atomic mass is 31.2. The van der Waals surface area contributed by atoms with E-state index in [2.05, 4.69) is 0 Å². The number of hydrogen-bond donors (Lipinski definition) is 0. The third-order valence-electron chi connectivity index (χ3n) is 2.50. The van der Waals surface area contributed by atoms with Crippen molar-refractivity contribution < 1.29 is 13.9 Å². The molecule has 1 rings (SSSR count). The lowest BCUT2D eigenvalue weighted by atomic mass is 9.88. The molecular weight excluding hydrogens is 239 g/mol. The lowest BCUT2D eigenvalue weighted by molar-refractivity contribution is -0.106. The quantitative estimate of drug-likeness (QED) is 0.555. The van der Waals surface area contributed by atoms with Crippen LogP contribution >= 0.6 is 7.67 Å². The van der Waals surface area contributed by atoms with Crippen molar-refractivity contribution in [1.82, 2.24) is 9.34 Å². The van der Waals surface area contributed by atoms with E-state index in [9.17, 15) is 9.36 Å². The predicted molar refractivity (Wildman–Crippen MR) is 66.4 cm³/mol. The molecule has 0 aromatic heterocycles. The van der Waals surface area contributed by atoms with Crippen molar-refractivity contribution in [2.24, 2.45) is 0 Å². The highest BCUT2D eigenvalue weighted by Crippen LogP contribution is 2.55. The van der Waals surface area contributed by atoms with Gasteiger partial charge in [0.15, 0.2) is 0 Å². The summed E-state index contributed by atoms with van der Waals surface area (Å²) in [5.41, 5.74) is 0. The standard InChI is InChI=1S/C11H19N2O3P/c1-12(2)17(15,13(3)4)16-11-8-6-5-7-10(11)9-14/h7-9H,5-6H2,1-4H3. The zero-order valence-electron chi connectivity index (χ0n) is 10.7. The molecule has 1 saturated carbocycles. The summed E-state index contributed by atoms with van der Waals surface area (Å²) in [6, 6.07) is 0. The van der Waals surface area contributed by atoms with Gasteiger partial charge in [0.2, 0.25) is 0 Å². The minimum Gasteiger partial charge on any atom is -0.303 e. The zero-order chi connectivity index (χ0) is 13.1. The Morgan fingerprint density at radius 1 is 1.18 bits per heavy atom. The van der Waals surface area contributed by atoms with E-state index in [1.54, 1.807) is 34.6 Å². The first-order valence-corrected chi connectivity index (χ1v) is 6.96. The molecule has 0 N–H and O–H groups in total. The largest absolute Gasteiger partial charge is 0.345 e. The van der Waals surface area contributed by atoms with Crippen LogP contribution in [0.2, 0.25) is 0 Å². The maximum Gasteiger partial charge on any atom is 0.345 e. The van der Waals surface area contributed by atoms with Crippen LogP contribution in [0.5, 0.6) is 0 Å². The average molecular weight is 258 g/mol. The van der Waals surface area contributed by atoms with Crippen LogP contribution in [-0.2, 0) is 13.9 Å². The normalized spacial score (nSPS) is 20.1. The Labute approximate surface area is 104 Å². The van der Waals surface area contributed by atoms with E-state index in [-0.39, 0.29) is 0 Å². The molecule has 0 unspecified atom stereocenters. The summed E-state index contributed by atoms with van der Waals surface area (Å²) < 4.78 is 21.2. The van der Waals surface area contributed by atoms with Gasteiger partial charge in [-0.15, -0.1) is 0 Å². The maximum atomic E-state index is 12.6. The van der Waals surface area contributed by atoms with Gasteiger partial charge < -0.3 is 4.79 Å². The summed E-state index contributed by atoms with van der Waals surface area (Å²) in [5, 5.41) is 0. The number of hydrogen-bond acceptors (Lipinski definition) is 3. The molecule has 0 aliphatic heterocycles. The Kier molecular flexibility index (Phi) is 5.32. The summed E-state index contributed by atoms with van der Waals surface area (Å²) in [6.07, 6.45) is 6.38. The zero-order valence-corrected chi connectivity index (χ0v) is 11.6. The van der Waals surface area contributed by atoms with E-state index in [4.69, 9.17) is 4.52 Å². The Balaban J connectivity index is 2.79. The smallest absolute Gasteiger partial charge is 0.303 e. The molecule has 0 bridgehead atoms. The minimum atomic E-state index is -3.08. The van der Waals surface area contributed by atoms with Crippen molar-refractivity contribution in [3.63, 3.8) is 0 Å². The number of aldehydes is 1.